The van der Waals surface area contributed by atoms with Crippen molar-refractivity contribution >= 4 is 11.8 Å². The number of hydrazine groups is 1. The zero-order valence-corrected chi connectivity index (χ0v) is 14.3. The summed E-state index contributed by atoms with van der Waals surface area (Å²) < 4.78 is 36.3. The largest absolute Gasteiger partial charge is 0.484 e. The van der Waals surface area contributed by atoms with Crippen molar-refractivity contribution in [2.45, 2.75) is 13.8 Å². The molecule has 0 aliphatic heterocycles. The molecule has 0 aliphatic rings. The highest BCUT2D eigenvalue weighted by atomic mass is 19.1. The second-order valence-corrected chi connectivity index (χ2v) is 5.49. The first-order valence-electron chi connectivity index (χ1n) is 7.70. The van der Waals surface area contributed by atoms with Gasteiger partial charge in [0.25, 0.3) is 11.8 Å². The van der Waals surface area contributed by atoms with Gasteiger partial charge >= 0.3 is 0 Å². The molecule has 0 bridgehead atoms. The minimum atomic E-state index is -0.927. The van der Waals surface area contributed by atoms with Crippen LogP contribution in [0.3, 0.4) is 0 Å². The first kappa shape index (κ1) is 19.2. The predicted molar refractivity (Wildman–Crippen MR) is 89.5 cm³/mol. The molecule has 138 valence electrons. The fourth-order valence-electron chi connectivity index (χ4n) is 1.90. The zero-order valence-electron chi connectivity index (χ0n) is 14.3. The van der Waals surface area contributed by atoms with Crippen LogP contribution in [0.2, 0.25) is 0 Å². The van der Waals surface area contributed by atoms with Gasteiger partial charge in [-0.1, -0.05) is 6.07 Å². The van der Waals surface area contributed by atoms with Gasteiger partial charge in [-0.2, -0.15) is 0 Å². The fourth-order valence-corrected chi connectivity index (χ4v) is 1.90. The molecule has 0 atom stereocenters. The molecule has 0 fully saturated rings. The van der Waals surface area contributed by atoms with Gasteiger partial charge in [-0.3, -0.25) is 20.4 Å². The van der Waals surface area contributed by atoms with E-state index >= 15 is 0 Å². The van der Waals surface area contributed by atoms with E-state index < -0.39 is 30.1 Å². The Bertz CT molecular complexity index is 812. The van der Waals surface area contributed by atoms with Gasteiger partial charge in [0, 0.05) is 6.07 Å². The number of benzene rings is 2. The third-order valence-electron chi connectivity index (χ3n) is 3.44. The van der Waals surface area contributed by atoms with Gasteiger partial charge in [-0.15, -0.1) is 0 Å². The molecule has 0 unspecified atom stereocenters. The van der Waals surface area contributed by atoms with Crippen LogP contribution in [0.1, 0.15) is 11.1 Å². The van der Waals surface area contributed by atoms with Gasteiger partial charge < -0.3 is 9.47 Å². The number of hydrogen-bond acceptors (Lipinski definition) is 4. The summed E-state index contributed by atoms with van der Waals surface area (Å²) in [5.41, 5.74) is 6.37. The highest BCUT2D eigenvalue weighted by molar-refractivity contribution is 5.83. The van der Waals surface area contributed by atoms with Gasteiger partial charge in [0.15, 0.2) is 24.8 Å². The van der Waals surface area contributed by atoms with Gasteiger partial charge in [0.1, 0.15) is 11.6 Å². The van der Waals surface area contributed by atoms with E-state index in [1.165, 1.54) is 0 Å². The smallest absolute Gasteiger partial charge is 0.276 e. The van der Waals surface area contributed by atoms with E-state index in [-0.39, 0.29) is 12.4 Å². The average Bonchev–Trinajstić information content (AvgIpc) is 2.60. The molecule has 8 heteroatoms. The number of nitrogens with one attached hydrogen (secondary N) is 2. The fraction of sp³-hybridized carbons (Fsp3) is 0.222. The lowest BCUT2D eigenvalue weighted by atomic mass is 10.1. The summed E-state index contributed by atoms with van der Waals surface area (Å²) in [6.45, 7) is 3.03. The molecule has 2 rings (SSSR count). The molecule has 0 aliphatic carbocycles. The van der Waals surface area contributed by atoms with Gasteiger partial charge in [0.05, 0.1) is 0 Å². The summed E-state index contributed by atoms with van der Waals surface area (Å²) in [4.78, 5) is 23.2. The first-order valence-corrected chi connectivity index (χ1v) is 7.70. The minimum Gasteiger partial charge on any atom is -0.484 e. The lowest BCUT2D eigenvalue weighted by molar-refractivity contribution is -0.131. The molecule has 0 aromatic heterocycles. The van der Waals surface area contributed by atoms with Crippen molar-refractivity contribution in [3.63, 3.8) is 0 Å². The Morgan fingerprint density at radius 1 is 0.885 bits per heavy atom. The van der Waals surface area contributed by atoms with Crippen LogP contribution >= 0.6 is 0 Å². The second-order valence-electron chi connectivity index (χ2n) is 5.49. The summed E-state index contributed by atoms with van der Waals surface area (Å²) in [5.74, 6) is -2.72. The van der Waals surface area contributed by atoms with E-state index in [1.807, 2.05) is 19.9 Å². The zero-order chi connectivity index (χ0) is 19.1. The number of carbonyl (C=O) groups is 2. The molecule has 0 saturated carbocycles. The quantitative estimate of drug-likeness (QED) is 0.771. The monoisotopic (exact) mass is 364 g/mol. The molecule has 2 aromatic carbocycles. The van der Waals surface area contributed by atoms with E-state index in [0.29, 0.717) is 11.8 Å². The summed E-state index contributed by atoms with van der Waals surface area (Å²) in [7, 11) is 0. The van der Waals surface area contributed by atoms with Crippen LogP contribution in [0.4, 0.5) is 8.78 Å². The molecule has 0 spiro atoms. The number of halogens is 2. The first-order chi connectivity index (χ1) is 12.3. The van der Waals surface area contributed by atoms with Crippen molar-refractivity contribution in [3.05, 3.63) is 59.2 Å². The number of carbonyl (C=O) groups excluding carboxylic acids is 2. The Kier molecular flexibility index (Phi) is 6.48. The number of hydrogen-bond donors (Lipinski definition) is 2. The summed E-state index contributed by atoms with van der Waals surface area (Å²) in [6, 6.07) is 8.11. The van der Waals surface area contributed by atoms with E-state index in [4.69, 9.17) is 9.47 Å². The van der Waals surface area contributed by atoms with Crippen LogP contribution in [-0.2, 0) is 9.59 Å². The van der Waals surface area contributed by atoms with Crippen LogP contribution in [0, 0.1) is 25.5 Å². The van der Waals surface area contributed by atoms with Crippen molar-refractivity contribution in [3.8, 4) is 11.5 Å². The maximum Gasteiger partial charge on any atom is 0.276 e. The highest BCUT2D eigenvalue weighted by Gasteiger charge is 2.09. The molecule has 26 heavy (non-hydrogen) atoms. The molecule has 6 nitrogen and oxygen atoms in total. The summed E-state index contributed by atoms with van der Waals surface area (Å²) in [6.07, 6.45) is 0. The van der Waals surface area contributed by atoms with Crippen molar-refractivity contribution in [2.24, 2.45) is 0 Å². The molecule has 2 amide bonds. The van der Waals surface area contributed by atoms with Crippen LogP contribution in [-0.4, -0.2) is 25.0 Å². The Morgan fingerprint density at radius 2 is 1.54 bits per heavy atom. The number of amides is 2. The molecular formula is C18H18F2N2O4. The van der Waals surface area contributed by atoms with Crippen molar-refractivity contribution < 1.29 is 27.8 Å². The Labute approximate surface area is 149 Å². The van der Waals surface area contributed by atoms with Gasteiger partial charge in [-0.25, -0.2) is 8.78 Å². The molecule has 0 radical (unpaired) electrons. The van der Waals surface area contributed by atoms with Crippen LogP contribution < -0.4 is 20.3 Å². The van der Waals surface area contributed by atoms with E-state index in [2.05, 4.69) is 10.9 Å². The third kappa shape index (κ3) is 5.73. The lowest BCUT2D eigenvalue weighted by Gasteiger charge is -2.10. The minimum absolute atomic E-state index is 0.272. The third-order valence-corrected chi connectivity index (χ3v) is 3.44. The van der Waals surface area contributed by atoms with E-state index in [9.17, 15) is 18.4 Å². The van der Waals surface area contributed by atoms with Crippen molar-refractivity contribution in [2.75, 3.05) is 13.2 Å². The highest BCUT2D eigenvalue weighted by Crippen LogP contribution is 2.17. The van der Waals surface area contributed by atoms with Crippen molar-refractivity contribution in [1.29, 1.82) is 0 Å². The van der Waals surface area contributed by atoms with Crippen LogP contribution in [0.25, 0.3) is 0 Å². The van der Waals surface area contributed by atoms with Gasteiger partial charge in [0.2, 0.25) is 0 Å². The average molecular weight is 364 g/mol. The number of aryl methyl sites for hydroxylation is 2. The van der Waals surface area contributed by atoms with E-state index in [0.717, 1.165) is 23.3 Å². The van der Waals surface area contributed by atoms with Crippen LogP contribution in [0.5, 0.6) is 11.5 Å². The van der Waals surface area contributed by atoms with Crippen molar-refractivity contribution in [1.82, 2.24) is 10.9 Å². The second kappa shape index (κ2) is 8.80. The molecule has 0 saturated heterocycles. The molecular weight excluding hydrogens is 346 g/mol. The standard InChI is InChI=1S/C18H18F2N2O4/c1-11-3-5-14(7-12(11)2)25-9-17(23)21-22-18(24)10-26-16-6-4-13(19)8-15(16)20/h3-8H,9-10H2,1-2H3,(H,21,23)(H,22,24). The summed E-state index contributed by atoms with van der Waals surface area (Å²) >= 11 is 0. The number of rotatable bonds is 6. The molecule has 2 N–H and O–H groups in total. The Morgan fingerprint density at radius 3 is 2.15 bits per heavy atom. The SMILES string of the molecule is Cc1ccc(OCC(=O)NNC(=O)COc2ccc(F)cc2F)cc1C. The summed E-state index contributed by atoms with van der Waals surface area (Å²) in [5, 5.41) is 0. The van der Waals surface area contributed by atoms with Gasteiger partial charge in [-0.05, 0) is 49.2 Å². The predicted octanol–water partition coefficient (Wildman–Crippen LogP) is 2.19. The topological polar surface area (TPSA) is 76.7 Å². The van der Waals surface area contributed by atoms with Crippen LogP contribution in [0.15, 0.2) is 36.4 Å². The maximum atomic E-state index is 13.3. The number of ether oxygens (including phenoxy) is 2. The Hall–Kier alpha value is -3.16. The Balaban J connectivity index is 1.71. The lowest BCUT2D eigenvalue weighted by Crippen LogP contribution is -2.45. The molecule has 0 heterocycles. The van der Waals surface area contributed by atoms with E-state index in [1.54, 1.807) is 12.1 Å². The molecule has 2 aromatic rings. The normalized spacial score (nSPS) is 10.2. The maximum absolute atomic E-state index is 13.3.